The van der Waals surface area contributed by atoms with Gasteiger partial charge in [0.15, 0.2) is 0 Å². The molecule has 100 valence electrons. The maximum Gasteiger partial charge on any atom is 0.127 e. The molecule has 2 aromatic carbocycles. The van der Waals surface area contributed by atoms with Crippen molar-refractivity contribution in [3.8, 4) is 5.75 Å². The van der Waals surface area contributed by atoms with Crippen molar-refractivity contribution in [1.29, 1.82) is 0 Å². The van der Waals surface area contributed by atoms with E-state index >= 15 is 0 Å². The van der Waals surface area contributed by atoms with E-state index in [1.54, 1.807) is 0 Å². The van der Waals surface area contributed by atoms with Gasteiger partial charge in [0.05, 0.1) is 11.6 Å². The topological polar surface area (TPSA) is 35.2 Å². The maximum absolute atomic E-state index is 6.16. The maximum atomic E-state index is 6.16. The number of hydrogen-bond donors (Lipinski definition) is 1. The average Bonchev–Trinajstić information content (AvgIpc) is 2.41. The van der Waals surface area contributed by atoms with Gasteiger partial charge in [-0.2, -0.15) is 0 Å². The van der Waals surface area contributed by atoms with Crippen LogP contribution in [0.15, 0.2) is 36.4 Å². The lowest BCUT2D eigenvalue weighted by molar-refractivity contribution is 0.311. The molecule has 0 aliphatic heterocycles. The molecule has 2 rings (SSSR count). The van der Waals surface area contributed by atoms with Crippen LogP contribution in [0.3, 0.4) is 0 Å². The molecule has 0 unspecified atom stereocenters. The van der Waals surface area contributed by atoms with E-state index in [0.29, 0.717) is 11.6 Å². The van der Waals surface area contributed by atoms with E-state index in [2.05, 4.69) is 0 Å². The lowest BCUT2D eigenvalue weighted by Crippen LogP contribution is -2.08. The molecule has 0 aliphatic carbocycles. The van der Waals surface area contributed by atoms with E-state index in [-0.39, 0.29) is 0 Å². The number of nitrogens with two attached hydrogens (primary N) is 1. The Balaban J connectivity index is 2.01. The smallest absolute Gasteiger partial charge is 0.127 e. The Kier molecular flexibility index (Phi) is 5.00. The minimum Gasteiger partial charge on any atom is -0.493 e. The lowest BCUT2D eigenvalue weighted by atomic mass is 10.1. The number of halogens is 1. The number of benzene rings is 2. The molecule has 0 amide bonds. The number of thiocarbonyl (C=S) groups is 1. The lowest BCUT2D eigenvalue weighted by Gasteiger charge is -2.10. The molecule has 0 saturated carbocycles. The van der Waals surface area contributed by atoms with Crippen LogP contribution in [0.4, 0.5) is 0 Å². The van der Waals surface area contributed by atoms with Gasteiger partial charge in [-0.15, -0.1) is 0 Å². The summed E-state index contributed by atoms with van der Waals surface area (Å²) in [6.45, 7) is 0.661. The first-order valence-corrected chi connectivity index (χ1v) is 7.05. The molecule has 0 spiro atoms. The summed E-state index contributed by atoms with van der Waals surface area (Å²) >= 11 is 11.0. The summed E-state index contributed by atoms with van der Waals surface area (Å²) in [7, 11) is 0. The molecule has 0 fully saturated rings. The van der Waals surface area contributed by atoms with Crippen LogP contribution in [-0.2, 0) is 0 Å². The summed E-state index contributed by atoms with van der Waals surface area (Å²) in [5.41, 5.74) is 5.45. The molecule has 0 saturated heterocycles. The molecule has 0 radical (unpaired) electrons. The summed E-state index contributed by atoms with van der Waals surface area (Å²) in [6, 6.07) is 11.8. The molecule has 0 aromatic heterocycles. The summed E-state index contributed by atoms with van der Waals surface area (Å²) < 4.78 is 5.81. The van der Waals surface area contributed by atoms with Crippen molar-refractivity contribution in [2.75, 3.05) is 6.61 Å². The zero-order valence-corrected chi connectivity index (χ0v) is 12.1. The fourth-order valence-corrected chi connectivity index (χ4v) is 2.32. The summed E-state index contributed by atoms with van der Waals surface area (Å²) in [4.78, 5) is 0.567. The Morgan fingerprint density at radius 3 is 2.58 bits per heavy atom. The van der Waals surface area contributed by atoms with Crippen LogP contribution in [-0.4, -0.2) is 11.6 Å². The summed E-state index contributed by atoms with van der Waals surface area (Å²) in [5, 5.41) is 2.81. The van der Waals surface area contributed by atoms with E-state index in [0.717, 1.165) is 40.8 Å². The molecular formula is C15H16ClNOS. The van der Waals surface area contributed by atoms with Crippen molar-refractivity contribution in [2.45, 2.75) is 19.3 Å². The van der Waals surface area contributed by atoms with Gasteiger partial charge in [-0.25, -0.2) is 0 Å². The molecule has 2 nitrogen and oxygen atoms in total. The molecule has 0 heterocycles. The first-order valence-electron chi connectivity index (χ1n) is 6.27. The molecule has 0 aliphatic rings. The van der Waals surface area contributed by atoms with Gasteiger partial charge in [0.2, 0.25) is 0 Å². The minimum absolute atomic E-state index is 0.567. The van der Waals surface area contributed by atoms with Gasteiger partial charge in [0.25, 0.3) is 0 Å². The van der Waals surface area contributed by atoms with Crippen molar-refractivity contribution in [1.82, 2.24) is 0 Å². The molecule has 2 N–H and O–H groups in total. The van der Waals surface area contributed by atoms with E-state index < -0.39 is 0 Å². The van der Waals surface area contributed by atoms with E-state index in [1.165, 1.54) is 0 Å². The Hall–Kier alpha value is -1.32. The molecule has 19 heavy (non-hydrogen) atoms. The van der Waals surface area contributed by atoms with Crippen molar-refractivity contribution < 1.29 is 4.74 Å². The zero-order valence-electron chi connectivity index (χ0n) is 10.6. The highest BCUT2D eigenvalue weighted by molar-refractivity contribution is 7.80. The minimum atomic E-state index is 0.567. The number of fused-ring (bicyclic) bond motifs is 1. The van der Waals surface area contributed by atoms with E-state index in [9.17, 15) is 0 Å². The largest absolute Gasteiger partial charge is 0.493 e. The summed E-state index contributed by atoms with van der Waals surface area (Å²) in [6.07, 6.45) is 2.68. The molecular weight excluding hydrogens is 278 g/mol. The summed E-state index contributed by atoms with van der Waals surface area (Å²) in [5.74, 6) is 0.871. The number of rotatable bonds is 6. The third kappa shape index (κ3) is 3.82. The van der Waals surface area contributed by atoms with Crippen LogP contribution in [0.1, 0.15) is 19.3 Å². The van der Waals surface area contributed by atoms with E-state index in [1.807, 2.05) is 36.4 Å². The standard InChI is InChI=1S/C15H16ClNOS/c16-13-8-9-14(12-6-2-1-5-11(12)13)18-10-4-3-7-15(17)19/h1-2,5-6,8-9H,3-4,7,10H2,(H2,17,19). The second-order valence-electron chi connectivity index (χ2n) is 4.36. The Morgan fingerprint density at radius 2 is 1.84 bits per heavy atom. The highest BCUT2D eigenvalue weighted by atomic mass is 35.5. The molecule has 2 aromatic rings. The Bertz CT molecular complexity index is 585. The predicted octanol–water partition coefficient (Wildman–Crippen LogP) is 4.33. The highest BCUT2D eigenvalue weighted by Crippen LogP contribution is 2.31. The second-order valence-corrected chi connectivity index (χ2v) is 5.29. The number of hydrogen-bond acceptors (Lipinski definition) is 2. The van der Waals surface area contributed by atoms with Crippen LogP contribution >= 0.6 is 23.8 Å². The first kappa shape index (κ1) is 14.1. The van der Waals surface area contributed by atoms with Crippen molar-refractivity contribution >= 4 is 39.6 Å². The number of ether oxygens (including phenoxy) is 1. The van der Waals surface area contributed by atoms with Gasteiger partial charge in [-0.05, 0) is 31.4 Å². The fraction of sp³-hybridized carbons (Fsp3) is 0.267. The average molecular weight is 294 g/mol. The third-order valence-electron chi connectivity index (χ3n) is 2.91. The Morgan fingerprint density at radius 1 is 1.11 bits per heavy atom. The zero-order chi connectivity index (χ0) is 13.7. The van der Waals surface area contributed by atoms with Gasteiger partial charge >= 0.3 is 0 Å². The quantitative estimate of drug-likeness (QED) is 0.636. The van der Waals surface area contributed by atoms with Crippen LogP contribution in [0.5, 0.6) is 5.75 Å². The monoisotopic (exact) mass is 293 g/mol. The normalized spacial score (nSPS) is 10.6. The highest BCUT2D eigenvalue weighted by Gasteiger charge is 2.04. The predicted molar refractivity (Wildman–Crippen MR) is 85.1 cm³/mol. The molecule has 0 atom stereocenters. The Labute approximate surface area is 123 Å². The second kappa shape index (κ2) is 6.73. The number of unbranched alkanes of at least 4 members (excludes halogenated alkanes) is 1. The van der Waals surface area contributed by atoms with Crippen molar-refractivity contribution in [3.63, 3.8) is 0 Å². The van der Waals surface area contributed by atoms with Crippen LogP contribution in [0, 0.1) is 0 Å². The third-order valence-corrected chi connectivity index (χ3v) is 3.44. The molecule has 0 bridgehead atoms. The van der Waals surface area contributed by atoms with Crippen LogP contribution < -0.4 is 10.5 Å². The van der Waals surface area contributed by atoms with E-state index in [4.69, 9.17) is 34.3 Å². The van der Waals surface area contributed by atoms with Gasteiger partial charge in [-0.1, -0.05) is 48.1 Å². The molecule has 4 heteroatoms. The first-order chi connectivity index (χ1) is 9.18. The van der Waals surface area contributed by atoms with Crippen LogP contribution in [0.2, 0.25) is 5.02 Å². The van der Waals surface area contributed by atoms with Crippen LogP contribution in [0.25, 0.3) is 10.8 Å². The van der Waals surface area contributed by atoms with Crippen molar-refractivity contribution in [2.24, 2.45) is 5.73 Å². The van der Waals surface area contributed by atoms with Gasteiger partial charge in [-0.3, -0.25) is 0 Å². The van der Waals surface area contributed by atoms with Gasteiger partial charge in [0.1, 0.15) is 5.75 Å². The van der Waals surface area contributed by atoms with Gasteiger partial charge < -0.3 is 10.5 Å². The van der Waals surface area contributed by atoms with Crippen molar-refractivity contribution in [3.05, 3.63) is 41.4 Å². The SMILES string of the molecule is NC(=S)CCCCOc1ccc(Cl)c2ccccc12. The van der Waals surface area contributed by atoms with Gasteiger partial charge in [0, 0.05) is 15.8 Å². The fourth-order valence-electron chi connectivity index (χ4n) is 1.94.